The van der Waals surface area contributed by atoms with E-state index in [1.807, 2.05) is 0 Å². The van der Waals surface area contributed by atoms with E-state index in [1.165, 1.54) is 0 Å². The number of pyridine rings is 1. The van der Waals surface area contributed by atoms with Crippen LogP contribution in [0.4, 0.5) is 5.69 Å². The first-order valence-corrected chi connectivity index (χ1v) is 9.02. The largest absolute Gasteiger partial charge is 0.471 e. The molecule has 9 heteroatoms. The fourth-order valence-electron chi connectivity index (χ4n) is 2.46. The van der Waals surface area contributed by atoms with Crippen molar-refractivity contribution in [2.45, 2.75) is 6.61 Å². The summed E-state index contributed by atoms with van der Waals surface area (Å²) in [6, 6.07) is 8.70. The Balaban J connectivity index is 1.87. The maximum atomic E-state index is 6.28. The van der Waals surface area contributed by atoms with Crippen LogP contribution in [0.25, 0.3) is 5.82 Å². The third-order valence-electron chi connectivity index (χ3n) is 3.52. The Morgan fingerprint density at radius 2 is 1.96 bits per heavy atom. The normalized spacial score (nSPS) is 13.2. The number of fused-ring (bicyclic) bond motifs is 1. The molecule has 0 atom stereocenters. The molecular weight excluding hydrogens is 450 g/mol. The van der Waals surface area contributed by atoms with Crippen molar-refractivity contribution < 1.29 is 4.74 Å². The molecule has 3 aromatic rings. The number of aromatic nitrogens is 3. The van der Waals surface area contributed by atoms with Crippen LogP contribution in [0.3, 0.4) is 0 Å². The number of benzene rings is 1. The van der Waals surface area contributed by atoms with Gasteiger partial charge < -0.3 is 4.74 Å². The molecule has 5 nitrogen and oxygen atoms in total. The standard InChI is InChI=1S/C16H8BrCl3N4O/c17-13-6-12(24(23-13)15-10(19)2-1-3-21-15)16-22-14-8(7-25-16)4-9(18)5-11(14)20/h1-6H,7H2. The third kappa shape index (κ3) is 3.15. The molecule has 0 aliphatic carbocycles. The van der Waals surface area contributed by atoms with Crippen molar-refractivity contribution in [3.05, 3.63) is 67.5 Å². The fraction of sp³-hybridized carbons (Fsp3) is 0.0625. The lowest BCUT2D eigenvalue weighted by Gasteiger charge is -2.18. The molecule has 0 saturated heterocycles. The Morgan fingerprint density at radius 1 is 1.12 bits per heavy atom. The Morgan fingerprint density at radius 3 is 2.76 bits per heavy atom. The molecule has 25 heavy (non-hydrogen) atoms. The summed E-state index contributed by atoms with van der Waals surface area (Å²) >= 11 is 21.9. The van der Waals surface area contributed by atoms with Crippen LogP contribution >= 0.6 is 50.7 Å². The summed E-state index contributed by atoms with van der Waals surface area (Å²) in [5, 5.41) is 5.84. The van der Waals surface area contributed by atoms with Crippen LogP contribution in [0.15, 0.2) is 46.1 Å². The van der Waals surface area contributed by atoms with Gasteiger partial charge in [-0.1, -0.05) is 34.8 Å². The van der Waals surface area contributed by atoms with E-state index in [1.54, 1.807) is 41.2 Å². The van der Waals surface area contributed by atoms with Gasteiger partial charge >= 0.3 is 0 Å². The van der Waals surface area contributed by atoms with Crippen molar-refractivity contribution in [2.24, 2.45) is 4.99 Å². The molecular formula is C16H8BrCl3N4O. The summed E-state index contributed by atoms with van der Waals surface area (Å²) in [5.74, 6) is 0.848. The lowest BCUT2D eigenvalue weighted by molar-refractivity contribution is 0.286. The zero-order valence-corrected chi connectivity index (χ0v) is 16.2. The van der Waals surface area contributed by atoms with E-state index in [9.17, 15) is 0 Å². The van der Waals surface area contributed by atoms with Crippen molar-refractivity contribution in [2.75, 3.05) is 0 Å². The summed E-state index contributed by atoms with van der Waals surface area (Å²) in [7, 11) is 0. The zero-order valence-electron chi connectivity index (χ0n) is 12.4. The molecule has 1 aliphatic rings. The molecule has 2 aromatic heterocycles. The summed E-state index contributed by atoms with van der Waals surface area (Å²) in [4.78, 5) is 8.82. The average Bonchev–Trinajstić information content (AvgIpc) is 2.96. The van der Waals surface area contributed by atoms with Gasteiger partial charge in [-0.25, -0.2) is 14.7 Å². The molecule has 3 heterocycles. The highest BCUT2D eigenvalue weighted by molar-refractivity contribution is 9.10. The SMILES string of the molecule is Clc1cc(Cl)c2c(c1)COC(c1cc(Br)nn1-c1ncccc1Cl)=N2. The van der Waals surface area contributed by atoms with Gasteiger partial charge in [0.05, 0.1) is 15.7 Å². The maximum absolute atomic E-state index is 6.28. The highest BCUT2D eigenvalue weighted by atomic mass is 79.9. The van der Waals surface area contributed by atoms with E-state index in [4.69, 9.17) is 39.5 Å². The lowest BCUT2D eigenvalue weighted by atomic mass is 10.1. The number of halogens is 4. The smallest absolute Gasteiger partial charge is 0.241 e. The number of hydrogen-bond acceptors (Lipinski definition) is 4. The Hall–Kier alpha value is -1.60. The molecule has 126 valence electrons. The second-order valence-corrected chi connectivity index (χ2v) is 7.24. The van der Waals surface area contributed by atoms with Crippen LogP contribution in [-0.4, -0.2) is 20.7 Å². The molecule has 0 radical (unpaired) electrons. The molecule has 0 fully saturated rings. The first-order valence-electron chi connectivity index (χ1n) is 7.09. The predicted molar refractivity (Wildman–Crippen MR) is 102 cm³/mol. The molecule has 0 unspecified atom stereocenters. The van der Waals surface area contributed by atoms with E-state index in [2.05, 4.69) is 31.0 Å². The van der Waals surface area contributed by atoms with Gasteiger partial charge in [0.15, 0.2) is 5.82 Å². The minimum atomic E-state index is 0.299. The number of aliphatic imine (C=N–C) groups is 1. The van der Waals surface area contributed by atoms with E-state index in [0.717, 1.165) is 5.56 Å². The molecule has 0 saturated carbocycles. The van der Waals surface area contributed by atoms with Crippen molar-refractivity contribution >= 4 is 62.3 Å². The monoisotopic (exact) mass is 456 g/mol. The van der Waals surface area contributed by atoms with Crippen LogP contribution < -0.4 is 0 Å². The van der Waals surface area contributed by atoms with Gasteiger partial charge in [0.1, 0.15) is 16.9 Å². The number of nitrogens with zero attached hydrogens (tertiary/aromatic N) is 4. The van der Waals surface area contributed by atoms with Gasteiger partial charge in [-0.2, -0.15) is 5.10 Å². The first-order chi connectivity index (χ1) is 12.0. The van der Waals surface area contributed by atoms with E-state index in [0.29, 0.717) is 49.4 Å². The Labute approximate surface area is 166 Å². The van der Waals surface area contributed by atoms with Crippen LogP contribution in [0.2, 0.25) is 15.1 Å². The fourth-order valence-corrected chi connectivity index (χ4v) is 3.62. The average molecular weight is 459 g/mol. The van der Waals surface area contributed by atoms with Crippen LogP contribution in [0.1, 0.15) is 11.3 Å². The van der Waals surface area contributed by atoms with Crippen LogP contribution in [0.5, 0.6) is 0 Å². The summed E-state index contributed by atoms with van der Waals surface area (Å²) in [6.45, 7) is 0.299. The van der Waals surface area contributed by atoms with Gasteiger partial charge in [-0.05, 0) is 40.2 Å². The maximum Gasteiger partial charge on any atom is 0.241 e. The second-order valence-electron chi connectivity index (χ2n) is 5.17. The molecule has 1 aliphatic heterocycles. The van der Waals surface area contributed by atoms with Gasteiger partial charge in [0, 0.05) is 22.8 Å². The lowest BCUT2D eigenvalue weighted by Crippen LogP contribution is -2.16. The van der Waals surface area contributed by atoms with Crippen molar-refractivity contribution in [1.29, 1.82) is 0 Å². The second kappa shape index (κ2) is 6.61. The van der Waals surface area contributed by atoms with Crippen molar-refractivity contribution in [1.82, 2.24) is 14.8 Å². The predicted octanol–water partition coefficient (Wildman–Crippen LogP) is 5.60. The Kier molecular flexibility index (Phi) is 4.45. The molecule has 0 bridgehead atoms. The third-order valence-corrected chi connectivity index (χ3v) is 4.71. The van der Waals surface area contributed by atoms with E-state index < -0.39 is 0 Å². The first kappa shape index (κ1) is 16.8. The van der Waals surface area contributed by atoms with E-state index in [-0.39, 0.29) is 0 Å². The minimum Gasteiger partial charge on any atom is -0.471 e. The van der Waals surface area contributed by atoms with Gasteiger partial charge in [0.25, 0.3) is 0 Å². The summed E-state index contributed by atoms with van der Waals surface area (Å²) < 4.78 is 7.97. The minimum absolute atomic E-state index is 0.299. The summed E-state index contributed by atoms with van der Waals surface area (Å²) in [6.07, 6.45) is 1.64. The highest BCUT2D eigenvalue weighted by Crippen LogP contribution is 2.36. The van der Waals surface area contributed by atoms with Crippen LogP contribution in [0, 0.1) is 0 Å². The number of ether oxygens (including phenoxy) is 1. The molecule has 4 rings (SSSR count). The molecule has 1 aromatic carbocycles. The van der Waals surface area contributed by atoms with Gasteiger partial charge in [-0.3, -0.25) is 0 Å². The van der Waals surface area contributed by atoms with Gasteiger partial charge in [-0.15, -0.1) is 0 Å². The molecule has 0 amide bonds. The Bertz CT molecular complexity index is 1020. The number of hydrogen-bond donors (Lipinski definition) is 0. The van der Waals surface area contributed by atoms with Crippen molar-refractivity contribution in [3.8, 4) is 5.82 Å². The number of rotatable bonds is 2. The van der Waals surface area contributed by atoms with Crippen molar-refractivity contribution in [3.63, 3.8) is 0 Å². The highest BCUT2D eigenvalue weighted by Gasteiger charge is 2.23. The van der Waals surface area contributed by atoms with Gasteiger partial charge in [0.2, 0.25) is 5.90 Å². The summed E-state index contributed by atoms with van der Waals surface area (Å²) in [5.41, 5.74) is 2.05. The zero-order chi connectivity index (χ0) is 17.6. The van der Waals surface area contributed by atoms with E-state index >= 15 is 0 Å². The quantitative estimate of drug-likeness (QED) is 0.502. The molecule has 0 N–H and O–H groups in total. The van der Waals surface area contributed by atoms with Crippen LogP contribution in [-0.2, 0) is 11.3 Å². The molecule has 0 spiro atoms. The topological polar surface area (TPSA) is 52.3 Å².